The highest BCUT2D eigenvalue weighted by atomic mass is 79.9. The molecule has 1 nitrogen and oxygen atoms in total. The molecule has 0 amide bonds. The molecule has 3 rings (SSSR count). The predicted octanol–water partition coefficient (Wildman–Crippen LogP) is 5.17. The quantitative estimate of drug-likeness (QED) is 0.601. The van der Waals surface area contributed by atoms with Crippen LogP contribution in [0.2, 0.25) is 0 Å². The molecule has 0 aliphatic rings. The molecule has 0 radical (unpaired) electrons. The number of rotatable bonds is 1. The maximum absolute atomic E-state index is 5.94. The summed E-state index contributed by atoms with van der Waals surface area (Å²) in [6, 6.07) is 16.4. The van der Waals surface area contributed by atoms with Crippen LogP contribution in [0, 0.1) is 6.92 Å². The topological polar surface area (TPSA) is 13.1 Å². The molecule has 0 unspecified atom stereocenters. The normalized spacial score (nSPS) is 10.9. The average molecular weight is 287 g/mol. The van der Waals surface area contributed by atoms with Crippen LogP contribution in [0.5, 0.6) is 0 Å². The Morgan fingerprint density at radius 1 is 1.00 bits per heavy atom. The molecular weight excluding hydrogens is 276 g/mol. The van der Waals surface area contributed by atoms with Crippen LogP contribution >= 0.6 is 15.9 Å². The average Bonchev–Trinajstić information content (AvgIpc) is 2.75. The summed E-state index contributed by atoms with van der Waals surface area (Å²) >= 11 is 3.55. The maximum Gasteiger partial charge on any atom is 0.137 e. The van der Waals surface area contributed by atoms with Crippen molar-refractivity contribution in [3.05, 3.63) is 58.6 Å². The van der Waals surface area contributed by atoms with Gasteiger partial charge in [-0.3, -0.25) is 0 Å². The minimum absolute atomic E-state index is 0.904. The van der Waals surface area contributed by atoms with Gasteiger partial charge in [-0.25, -0.2) is 0 Å². The van der Waals surface area contributed by atoms with Crippen LogP contribution in [-0.2, 0) is 0 Å². The third-order valence-corrected chi connectivity index (χ3v) is 3.57. The molecule has 84 valence electrons. The molecule has 2 heteroatoms. The highest BCUT2D eigenvalue weighted by molar-refractivity contribution is 9.10. The zero-order valence-electron chi connectivity index (χ0n) is 9.41. The first-order valence-corrected chi connectivity index (χ1v) is 6.29. The van der Waals surface area contributed by atoms with Crippen LogP contribution in [0.15, 0.2) is 57.4 Å². The lowest BCUT2D eigenvalue weighted by Crippen LogP contribution is -1.74. The van der Waals surface area contributed by atoms with Crippen LogP contribution in [-0.4, -0.2) is 0 Å². The second-order valence-electron chi connectivity index (χ2n) is 4.08. The number of furan rings is 1. The molecule has 0 aliphatic carbocycles. The summed E-state index contributed by atoms with van der Waals surface area (Å²) in [5.41, 5.74) is 3.22. The summed E-state index contributed by atoms with van der Waals surface area (Å²) in [6.07, 6.45) is 0. The minimum Gasteiger partial charge on any atom is -0.456 e. The Kier molecular flexibility index (Phi) is 2.52. The van der Waals surface area contributed by atoms with Gasteiger partial charge in [-0.2, -0.15) is 0 Å². The van der Waals surface area contributed by atoms with E-state index in [-0.39, 0.29) is 0 Å². The Hall–Kier alpha value is -1.54. The molecule has 17 heavy (non-hydrogen) atoms. The molecule has 2 aromatic carbocycles. The van der Waals surface area contributed by atoms with E-state index in [1.165, 1.54) is 5.56 Å². The summed E-state index contributed by atoms with van der Waals surface area (Å²) in [5, 5.41) is 1.15. The number of halogens is 1. The minimum atomic E-state index is 0.904. The number of fused-ring (bicyclic) bond motifs is 1. The summed E-state index contributed by atoms with van der Waals surface area (Å²) in [6.45, 7) is 2.07. The van der Waals surface area contributed by atoms with E-state index in [2.05, 4.69) is 53.2 Å². The van der Waals surface area contributed by atoms with Gasteiger partial charge in [0.2, 0.25) is 0 Å². The van der Waals surface area contributed by atoms with Crippen molar-refractivity contribution in [2.75, 3.05) is 0 Å². The van der Waals surface area contributed by atoms with Gasteiger partial charge in [0.25, 0.3) is 0 Å². The van der Waals surface area contributed by atoms with E-state index in [0.717, 1.165) is 26.8 Å². The fourth-order valence-corrected chi connectivity index (χ4v) is 2.48. The van der Waals surface area contributed by atoms with E-state index in [1.54, 1.807) is 0 Å². The SMILES string of the molecule is Cc1cccc2cc(-c3ccccc3Br)oc12. The zero-order valence-corrected chi connectivity index (χ0v) is 11.0. The fourth-order valence-electron chi connectivity index (χ4n) is 2.00. The Morgan fingerprint density at radius 3 is 2.59 bits per heavy atom. The maximum atomic E-state index is 5.94. The fraction of sp³-hybridized carbons (Fsp3) is 0.0667. The monoisotopic (exact) mass is 286 g/mol. The number of hydrogen-bond acceptors (Lipinski definition) is 1. The Bertz CT molecular complexity index is 682. The van der Waals surface area contributed by atoms with Crippen molar-refractivity contribution in [2.24, 2.45) is 0 Å². The molecule has 3 aromatic rings. The summed E-state index contributed by atoms with van der Waals surface area (Å²) in [4.78, 5) is 0. The molecule has 0 spiro atoms. The molecule has 0 fully saturated rings. The van der Waals surface area contributed by atoms with Crippen molar-refractivity contribution < 1.29 is 4.42 Å². The van der Waals surface area contributed by atoms with Crippen LogP contribution in [0.25, 0.3) is 22.3 Å². The second-order valence-corrected chi connectivity index (χ2v) is 4.94. The van der Waals surface area contributed by atoms with Gasteiger partial charge in [0.1, 0.15) is 11.3 Å². The largest absolute Gasteiger partial charge is 0.456 e. The predicted molar refractivity (Wildman–Crippen MR) is 74.1 cm³/mol. The zero-order chi connectivity index (χ0) is 11.8. The molecular formula is C15H11BrO. The van der Waals surface area contributed by atoms with E-state index in [1.807, 2.05) is 18.2 Å². The first-order chi connectivity index (χ1) is 8.25. The van der Waals surface area contributed by atoms with E-state index in [9.17, 15) is 0 Å². The van der Waals surface area contributed by atoms with Crippen LogP contribution in [0.1, 0.15) is 5.56 Å². The number of aryl methyl sites for hydroxylation is 1. The van der Waals surface area contributed by atoms with Gasteiger partial charge in [-0.05, 0) is 24.6 Å². The van der Waals surface area contributed by atoms with Gasteiger partial charge in [-0.1, -0.05) is 52.3 Å². The van der Waals surface area contributed by atoms with Crippen molar-refractivity contribution in [1.82, 2.24) is 0 Å². The number of para-hydroxylation sites is 1. The standard InChI is InChI=1S/C15H11BrO/c1-10-5-4-6-11-9-14(17-15(10)11)12-7-2-3-8-13(12)16/h2-9H,1H3. The lowest BCUT2D eigenvalue weighted by Gasteiger charge is -1.99. The third kappa shape index (κ3) is 1.79. The van der Waals surface area contributed by atoms with Crippen molar-refractivity contribution >= 4 is 26.9 Å². The van der Waals surface area contributed by atoms with Gasteiger partial charge >= 0.3 is 0 Å². The molecule has 0 atom stereocenters. The first kappa shape index (κ1) is 10.6. The van der Waals surface area contributed by atoms with E-state index < -0.39 is 0 Å². The first-order valence-electron chi connectivity index (χ1n) is 5.50. The Labute approximate surface area is 108 Å². The van der Waals surface area contributed by atoms with E-state index in [0.29, 0.717) is 0 Å². The van der Waals surface area contributed by atoms with Gasteiger partial charge in [-0.15, -0.1) is 0 Å². The lowest BCUT2D eigenvalue weighted by atomic mass is 10.1. The highest BCUT2D eigenvalue weighted by Gasteiger charge is 2.09. The summed E-state index contributed by atoms with van der Waals surface area (Å²) in [7, 11) is 0. The van der Waals surface area contributed by atoms with Crippen LogP contribution in [0.4, 0.5) is 0 Å². The van der Waals surface area contributed by atoms with Crippen LogP contribution in [0.3, 0.4) is 0 Å². The van der Waals surface area contributed by atoms with Crippen molar-refractivity contribution in [3.8, 4) is 11.3 Å². The third-order valence-electron chi connectivity index (χ3n) is 2.88. The summed E-state index contributed by atoms with van der Waals surface area (Å²) in [5.74, 6) is 0.904. The van der Waals surface area contributed by atoms with E-state index >= 15 is 0 Å². The number of benzene rings is 2. The molecule has 0 N–H and O–H groups in total. The van der Waals surface area contributed by atoms with E-state index in [4.69, 9.17) is 4.42 Å². The van der Waals surface area contributed by atoms with Gasteiger partial charge < -0.3 is 4.42 Å². The smallest absolute Gasteiger partial charge is 0.137 e. The summed E-state index contributed by atoms with van der Waals surface area (Å²) < 4.78 is 6.99. The van der Waals surface area contributed by atoms with Crippen molar-refractivity contribution in [1.29, 1.82) is 0 Å². The lowest BCUT2D eigenvalue weighted by molar-refractivity contribution is 0.628. The Balaban J connectivity index is 2.26. The molecule has 0 aliphatic heterocycles. The van der Waals surface area contributed by atoms with Crippen molar-refractivity contribution in [2.45, 2.75) is 6.92 Å². The van der Waals surface area contributed by atoms with Gasteiger partial charge in [0, 0.05) is 15.4 Å². The van der Waals surface area contributed by atoms with Gasteiger partial charge in [0.15, 0.2) is 0 Å². The van der Waals surface area contributed by atoms with Crippen LogP contribution < -0.4 is 0 Å². The Morgan fingerprint density at radius 2 is 1.82 bits per heavy atom. The molecule has 0 bridgehead atoms. The molecule has 0 saturated carbocycles. The molecule has 1 aromatic heterocycles. The number of hydrogen-bond donors (Lipinski definition) is 0. The molecule has 0 saturated heterocycles. The highest BCUT2D eigenvalue weighted by Crippen LogP contribution is 2.33. The molecule has 1 heterocycles. The second kappa shape index (κ2) is 4.04. The van der Waals surface area contributed by atoms with Gasteiger partial charge in [0.05, 0.1) is 0 Å². The van der Waals surface area contributed by atoms with Crippen molar-refractivity contribution in [3.63, 3.8) is 0 Å².